The van der Waals surface area contributed by atoms with Crippen molar-refractivity contribution in [3.63, 3.8) is 0 Å². The average Bonchev–Trinajstić information content (AvgIpc) is 3.31. The van der Waals surface area contributed by atoms with Crippen molar-refractivity contribution in [1.82, 2.24) is 15.0 Å². The van der Waals surface area contributed by atoms with Gasteiger partial charge in [-0.1, -0.05) is 66.5 Å². The number of ether oxygens (including phenoxy) is 1. The number of aromatic nitrogens is 2. The summed E-state index contributed by atoms with van der Waals surface area (Å²) in [5.41, 5.74) is 2.18. The van der Waals surface area contributed by atoms with Crippen LogP contribution in [-0.4, -0.2) is 27.5 Å². The second-order valence-corrected chi connectivity index (χ2v) is 9.35. The van der Waals surface area contributed by atoms with Gasteiger partial charge in [-0.05, 0) is 54.4 Å². The molecule has 6 nitrogen and oxygen atoms in total. The Morgan fingerprint density at radius 3 is 2.54 bits per heavy atom. The summed E-state index contributed by atoms with van der Waals surface area (Å²) in [5, 5.41) is 5.32. The summed E-state index contributed by atoms with van der Waals surface area (Å²) in [4.78, 5) is 19.6. The van der Waals surface area contributed by atoms with Crippen LogP contribution in [0.1, 0.15) is 35.7 Å². The third-order valence-corrected chi connectivity index (χ3v) is 5.82. The van der Waals surface area contributed by atoms with E-state index in [2.05, 4.69) is 24.0 Å². The van der Waals surface area contributed by atoms with E-state index in [1.165, 1.54) is 0 Å². The van der Waals surface area contributed by atoms with E-state index in [0.717, 1.165) is 11.1 Å². The fourth-order valence-corrected chi connectivity index (χ4v) is 3.85. The van der Waals surface area contributed by atoms with Gasteiger partial charge in [-0.15, -0.1) is 0 Å². The van der Waals surface area contributed by atoms with Crippen LogP contribution in [0.4, 0.5) is 0 Å². The standard InChI is InChI=1S/C27H25Cl2N3O3/c1-18(2)15-32(16-25-30-26(31-35-25)19-10-12-22(28)13-11-19)27(33)20-7-5-8-23(14-20)34-17-21-6-3-4-9-24(21)29/h3-14,18H,15-17H2,1-2H3. The summed E-state index contributed by atoms with van der Waals surface area (Å²) in [6, 6.07) is 21.8. The van der Waals surface area contributed by atoms with Gasteiger partial charge in [0, 0.05) is 33.3 Å². The summed E-state index contributed by atoms with van der Waals surface area (Å²) in [7, 11) is 0. The molecule has 0 spiro atoms. The molecule has 35 heavy (non-hydrogen) atoms. The molecule has 1 aromatic heterocycles. The molecule has 180 valence electrons. The Morgan fingerprint density at radius 2 is 1.80 bits per heavy atom. The Hall–Kier alpha value is -3.35. The van der Waals surface area contributed by atoms with Crippen LogP contribution in [-0.2, 0) is 13.2 Å². The molecule has 0 bridgehead atoms. The number of halogens is 2. The predicted molar refractivity (Wildman–Crippen MR) is 137 cm³/mol. The van der Waals surface area contributed by atoms with Crippen molar-refractivity contribution in [2.45, 2.75) is 27.0 Å². The fraction of sp³-hybridized carbons (Fsp3) is 0.222. The Kier molecular flexibility index (Phi) is 8.06. The van der Waals surface area contributed by atoms with Crippen LogP contribution >= 0.6 is 23.2 Å². The number of rotatable bonds is 9. The minimum absolute atomic E-state index is 0.145. The zero-order valence-electron chi connectivity index (χ0n) is 19.4. The number of nitrogens with zero attached hydrogens (tertiary/aromatic N) is 3. The number of hydrogen-bond acceptors (Lipinski definition) is 5. The second-order valence-electron chi connectivity index (χ2n) is 8.51. The Labute approximate surface area is 214 Å². The largest absolute Gasteiger partial charge is 0.489 e. The van der Waals surface area contributed by atoms with Gasteiger partial charge in [0.15, 0.2) is 0 Å². The molecule has 1 amide bonds. The van der Waals surface area contributed by atoms with Gasteiger partial charge in [0.2, 0.25) is 11.7 Å². The predicted octanol–water partition coefficient (Wildman–Crippen LogP) is 6.92. The molecule has 0 fully saturated rings. The minimum atomic E-state index is -0.145. The van der Waals surface area contributed by atoms with Crippen molar-refractivity contribution in [1.29, 1.82) is 0 Å². The first-order chi connectivity index (χ1) is 16.9. The maximum absolute atomic E-state index is 13.4. The van der Waals surface area contributed by atoms with Crippen LogP contribution in [0.3, 0.4) is 0 Å². The van der Waals surface area contributed by atoms with Gasteiger partial charge in [-0.25, -0.2) is 0 Å². The third-order valence-electron chi connectivity index (χ3n) is 5.20. The molecule has 1 heterocycles. The summed E-state index contributed by atoms with van der Waals surface area (Å²) >= 11 is 12.2. The van der Waals surface area contributed by atoms with Gasteiger partial charge in [0.25, 0.3) is 5.91 Å². The molecule has 0 aliphatic heterocycles. The Balaban J connectivity index is 1.48. The van der Waals surface area contributed by atoms with Crippen molar-refractivity contribution in [3.8, 4) is 17.1 Å². The maximum atomic E-state index is 13.4. The summed E-state index contributed by atoms with van der Waals surface area (Å²) < 4.78 is 11.3. The molecular formula is C27H25Cl2N3O3. The van der Waals surface area contributed by atoms with E-state index in [-0.39, 0.29) is 18.4 Å². The molecular weight excluding hydrogens is 485 g/mol. The second kappa shape index (κ2) is 11.4. The quantitative estimate of drug-likeness (QED) is 0.245. The maximum Gasteiger partial charge on any atom is 0.254 e. The van der Waals surface area contributed by atoms with Crippen LogP contribution in [0, 0.1) is 5.92 Å². The zero-order valence-corrected chi connectivity index (χ0v) is 21.0. The minimum Gasteiger partial charge on any atom is -0.489 e. The Bertz CT molecular complexity index is 1290. The smallest absolute Gasteiger partial charge is 0.254 e. The van der Waals surface area contributed by atoms with Crippen molar-refractivity contribution < 1.29 is 14.1 Å². The lowest BCUT2D eigenvalue weighted by Crippen LogP contribution is -2.33. The monoisotopic (exact) mass is 509 g/mol. The molecule has 0 unspecified atom stereocenters. The molecule has 4 aromatic rings. The normalized spacial score (nSPS) is 11.0. The van der Waals surface area contributed by atoms with Crippen LogP contribution < -0.4 is 4.74 Å². The highest BCUT2D eigenvalue weighted by Gasteiger charge is 2.21. The number of carbonyl (C=O) groups excluding carboxylic acids is 1. The van der Waals surface area contributed by atoms with Gasteiger partial charge in [-0.2, -0.15) is 4.98 Å². The van der Waals surface area contributed by atoms with E-state index in [1.807, 2.05) is 42.5 Å². The van der Waals surface area contributed by atoms with Gasteiger partial charge in [0.1, 0.15) is 18.9 Å². The van der Waals surface area contributed by atoms with Gasteiger partial charge in [0.05, 0.1) is 0 Å². The lowest BCUT2D eigenvalue weighted by Gasteiger charge is -2.23. The van der Waals surface area contributed by atoms with Crippen molar-refractivity contribution in [3.05, 3.63) is 99.9 Å². The first-order valence-electron chi connectivity index (χ1n) is 11.2. The average molecular weight is 510 g/mol. The van der Waals surface area contributed by atoms with Gasteiger partial charge < -0.3 is 14.2 Å². The molecule has 0 aliphatic rings. The summed E-state index contributed by atoms with van der Waals surface area (Å²) in [6.07, 6.45) is 0. The lowest BCUT2D eigenvalue weighted by atomic mass is 10.1. The van der Waals surface area contributed by atoms with E-state index >= 15 is 0 Å². The van der Waals surface area contributed by atoms with E-state index < -0.39 is 0 Å². The number of amides is 1. The highest BCUT2D eigenvalue weighted by Crippen LogP contribution is 2.22. The number of benzene rings is 3. The van der Waals surface area contributed by atoms with E-state index in [9.17, 15) is 4.79 Å². The molecule has 0 N–H and O–H groups in total. The molecule has 0 radical (unpaired) electrons. The van der Waals surface area contributed by atoms with Gasteiger partial charge in [-0.3, -0.25) is 4.79 Å². The molecule has 0 atom stereocenters. The third kappa shape index (κ3) is 6.62. The topological polar surface area (TPSA) is 68.5 Å². The van der Waals surface area contributed by atoms with Crippen LogP contribution in [0.5, 0.6) is 5.75 Å². The van der Waals surface area contributed by atoms with Crippen LogP contribution in [0.15, 0.2) is 77.3 Å². The molecule has 4 rings (SSSR count). The Morgan fingerprint density at radius 1 is 1.03 bits per heavy atom. The van der Waals surface area contributed by atoms with Crippen molar-refractivity contribution in [2.24, 2.45) is 5.92 Å². The molecule has 8 heteroatoms. The van der Waals surface area contributed by atoms with E-state index in [0.29, 0.717) is 46.2 Å². The van der Waals surface area contributed by atoms with E-state index in [4.69, 9.17) is 32.5 Å². The number of carbonyl (C=O) groups is 1. The lowest BCUT2D eigenvalue weighted by molar-refractivity contribution is 0.0702. The highest BCUT2D eigenvalue weighted by molar-refractivity contribution is 6.31. The highest BCUT2D eigenvalue weighted by atomic mass is 35.5. The molecule has 0 aliphatic carbocycles. The first kappa shape index (κ1) is 24.8. The van der Waals surface area contributed by atoms with Crippen LogP contribution in [0.25, 0.3) is 11.4 Å². The molecule has 3 aromatic carbocycles. The SMILES string of the molecule is CC(C)CN(Cc1nc(-c2ccc(Cl)cc2)no1)C(=O)c1cccc(OCc2ccccc2Cl)c1. The summed E-state index contributed by atoms with van der Waals surface area (Å²) in [6.45, 7) is 5.14. The van der Waals surface area contributed by atoms with Crippen molar-refractivity contribution in [2.75, 3.05) is 6.54 Å². The van der Waals surface area contributed by atoms with Gasteiger partial charge >= 0.3 is 0 Å². The fourth-order valence-electron chi connectivity index (χ4n) is 3.54. The zero-order chi connectivity index (χ0) is 24.8. The molecule has 0 saturated heterocycles. The first-order valence-corrected chi connectivity index (χ1v) is 12.0. The van der Waals surface area contributed by atoms with Crippen molar-refractivity contribution >= 4 is 29.1 Å². The molecule has 0 saturated carbocycles. The summed E-state index contributed by atoms with van der Waals surface area (Å²) in [5.74, 6) is 1.49. The van der Waals surface area contributed by atoms with E-state index in [1.54, 1.807) is 35.2 Å². The number of hydrogen-bond donors (Lipinski definition) is 0. The van der Waals surface area contributed by atoms with Crippen LogP contribution in [0.2, 0.25) is 10.0 Å².